The molecule has 0 unspecified atom stereocenters. The van der Waals surface area contributed by atoms with Crippen LogP contribution >= 0.6 is 0 Å². The van der Waals surface area contributed by atoms with Crippen LogP contribution in [0.5, 0.6) is 0 Å². The molecule has 9 heteroatoms. The number of carbonyl (C=O) groups is 1. The van der Waals surface area contributed by atoms with E-state index in [2.05, 4.69) is 49.4 Å². The summed E-state index contributed by atoms with van der Waals surface area (Å²) in [5.74, 6) is 0.862. The molecule has 4 rings (SSSR count). The Hall–Kier alpha value is -2.88. The Bertz CT molecular complexity index is 939. The normalized spacial score (nSPS) is 17.6. The van der Waals surface area contributed by atoms with Crippen molar-refractivity contribution in [2.45, 2.75) is 13.5 Å². The predicted octanol–water partition coefficient (Wildman–Crippen LogP) is 2.78. The minimum absolute atomic E-state index is 0.0961. The Kier molecular flexibility index (Phi) is 7.76. The fraction of sp³-hybridized carbons (Fsp3) is 0.478. The summed E-state index contributed by atoms with van der Waals surface area (Å²) in [4.78, 5) is 21.4. The average Bonchev–Trinajstić information content (AvgIpc) is 2.80. The molecule has 170 valence electrons. The van der Waals surface area contributed by atoms with E-state index < -0.39 is 0 Å². The van der Waals surface area contributed by atoms with E-state index in [1.807, 2.05) is 24.3 Å². The second-order valence-electron chi connectivity index (χ2n) is 7.99. The summed E-state index contributed by atoms with van der Waals surface area (Å²) in [7, 11) is 0. The highest BCUT2D eigenvalue weighted by atomic mass is 16.5. The van der Waals surface area contributed by atoms with Gasteiger partial charge < -0.3 is 19.7 Å². The molecule has 0 radical (unpaired) electrons. The summed E-state index contributed by atoms with van der Waals surface area (Å²) in [6.07, 6.45) is 0. The summed E-state index contributed by atoms with van der Waals surface area (Å²) >= 11 is 0. The Balaban J connectivity index is 1.48. The van der Waals surface area contributed by atoms with E-state index in [1.165, 1.54) is 5.56 Å². The van der Waals surface area contributed by atoms with Gasteiger partial charge >= 0.3 is 0 Å². The molecule has 9 nitrogen and oxygen atoms in total. The fourth-order valence-electron chi connectivity index (χ4n) is 3.77. The molecule has 0 atom stereocenters. The molecule has 3 heterocycles. The summed E-state index contributed by atoms with van der Waals surface area (Å²) in [5.41, 5.74) is 3.24. The van der Waals surface area contributed by atoms with Crippen molar-refractivity contribution in [1.82, 2.24) is 9.88 Å². The number of rotatable bonds is 7. The van der Waals surface area contributed by atoms with Crippen LogP contribution in [0.15, 0.2) is 46.6 Å². The van der Waals surface area contributed by atoms with Gasteiger partial charge in [-0.15, -0.1) is 5.11 Å². The van der Waals surface area contributed by atoms with Gasteiger partial charge in [-0.25, -0.2) is 4.98 Å². The van der Waals surface area contributed by atoms with Crippen molar-refractivity contribution in [2.75, 3.05) is 69.4 Å². The van der Waals surface area contributed by atoms with Crippen LogP contribution in [0.3, 0.4) is 0 Å². The number of nitrogens with one attached hydrogen (secondary N) is 1. The van der Waals surface area contributed by atoms with E-state index in [1.54, 1.807) is 0 Å². The molecule has 2 aromatic rings. The van der Waals surface area contributed by atoms with Gasteiger partial charge in [0.05, 0.1) is 39.5 Å². The van der Waals surface area contributed by atoms with E-state index in [9.17, 15) is 4.79 Å². The zero-order valence-corrected chi connectivity index (χ0v) is 18.5. The van der Waals surface area contributed by atoms with Crippen molar-refractivity contribution in [2.24, 2.45) is 10.2 Å². The molecular formula is C23H30N6O3. The lowest BCUT2D eigenvalue weighted by Crippen LogP contribution is -2.41. The first kappa shape index (κ1) is 22.3. The van der Waals surface area contributed by atoms with Crippen LogP contribution in [0.1, 0.15) is 11.1 Å². The van der Waals surface area contributed by atoms with Crippen molar-refractivity contribution in [3.63, 3.8) is 0 Å². The number of benzene rings is 1. The molecule has 2 fully saturated rings. The third kappa shape index (κ3) is 6.56. The number of morpholine rings is 2. The number of hydrogen-bond acceptors (Lipinski definition) is 8. The van der Waals surface area contributed by atoms with Gasteiger partial charge in [-0.1, -0.05) is 29.8 Å². The highest BCUT2D eigenvalue weighted by molar-refractivity contribution is 5.92. The summed E-state index contributed by atoms with van der Waals surface area (Å²) < 4.78 is 10.8. The number of ether oxygens (including phenoxy) is 2. The number of hydrogen-bond donors (Lipinski definition) is 1. The lowest BCUT2D eigenvalue weighted by Gasteiger charge is -2.29. The van der Waals surface area contributed by atoms with Crippen LogP contribution in [-0.4, -0.2) is 74.9 Å². The molecule has 0 saturated carbocycles. The number of amides is 1. The number of aryl methyl sites for hydroxylation is 1. The Morgan fingerprint density at radius 3 is 2.56 bits per heavy atom. The number of nitrogens with zero attached hydrogens (tertiary/aromatic N) is 5. The van der Waals surface area contributed by atoms with Crippen molar-refractivity contribution in [1.29, 1.82) is 0 Å². The second-order valence-corrected chi connectivity index (χ2v) is 7.99. The van der Waals surface area contributed by atoms with Gasteiger partial charge in [0.2, 0.25) is 5.91 Å². The first-order valence-electron chi connectivity index (χ1n) is 11.0. The molecule has 32 heavy (non-hydrogen) atoms. The van der Waals surface area contributed by atoms with Gasteiger partial charge in [0.15, 0.2) is 5.82 Å². The zero-order chi connectivity index (χ0) is 22.2. The predicted molar refractivity (Wildman–Crippen MR) is 123 cm³/mol. The quantitative estimate of drug-likeness (QED) is 0.669. The van der Waals surface area contributed by atoms with Crippen molar-refractivity contribution in [3.8, 4) is 0 Å². The molecule has 1 N–H and O–H groups in total. The van der Waals surface area contributed by atoms with Crippen LogP contribution in [0, 0.1) is 6.92 Å². The van der Waals surface area contributed by atoms with Gasteiger partial charge in [0.25, 0.3) is 0 Å². The molecule has 1 aromatic heterocycles. The molecule has 2 aliphatic heterocycles. The minimum atomic E-state index is -0.0961. The number of carbonyl (C=O) groups excluding carboxylic acids is 1. The molecule has 2 aliphatic rings. The number of azo groups is 1. The van der Waals surface area contributed by atoms with Gasteiger partial charge in [0.1, 0.15) is 5.82 Å². The fourth-order valence-corrected chi connectivity index (χ4v) is 3.77. The van der Waals surface area contributed by atoms with Gasteiger partial charge in [-0.05, 0) is 12.5 Å². The van der Waals surface area contributed by atoms with Crippen LogP contribution < -0.4 is 10.2 Å². The van der Waals surface area contributed by atoms with Crippen LogP contribution in [0.2, 0.25) is 0 Å². The Labute approximate surface area is 188 Å². The van der Waals surface area contributed by atoms with Crippen molar-refractivity contribution < 1.29 is 14.3 Å². The van der Waals surface area contributed by atoms with Crippen LogP contribution in [0.25, 0.3) is 0 Å². The average molecular weight is 439 g/mol. The number of aromatic nitrogens is 1. The Morgan fingerprint density at radius 1 is 1.06 bits per heavy atom. The smallest absolute Gasteiger partial charge is 0.239 e. The summed E-state index contributed by atoms with van der Waals surface area (Å²) in [6.45, 7) is 8.58. The van der Waals surface area contributed by atoms with Gasteiger partial charge in [-0.2, -0.15) is 5.11 Å². The third-order valence-corrected chi connectivity index (χ3v) is 5.42. The maximum Gasteiger partial charge on any atom is 0.239 e. The van der Waals surface area contributed by atoms with E-state index in [0.717, 1.165) is 37.4 Å². The molecule has 1 amide bonds. The van der Waals surface area contributed by atoms with E-state index in [-0.39, 0.29) is 5.91 Å². The Morgan fingerprint density at radius 2 is 1.81 bits per heavy atom. The van der Waals surface area contributed by atoms with Crippen LogP contribution in [-0.2, 0) is 20.8 Å². The topological polar surface area (TPSA) is 91.6 Å². The standard InChI is InChI=1S/C23H30N6O3/c1-18-3-2-4-19(13-18)16-24-27-22-15-20(29-7-11-32-12-8-29)14-21(25-22)26-23(30)17-28-5-9-31-10-6-28/h2-4,13-15H,5-12,16-17H2,1H3,(H,25,26,30). The first-order valence-corrected chi connectivity index (χ1v) is 11.0. The highest BCUT2D eigenvalue weighted by Crippen LogP contribution is 2.25. The first-order chi connectivity index (χ1) is 15.7. The number of pyridine rings is 1. The SMILES string of the molecule is Cc1cccc(CN=Nc2cc(N3CCOCC3)cc(NC(=O)CN3CCOCC3)n2)c1. The molecule has 2 saturated heterocycles. The minimum Gasteiger partial charge on any atom is -0.379 e. The van der Waals surface area contributed by atoms with Crippen molar-refractivity contribution >= 4 is 23.2 Å². The van der Waals surface area contributed by atoms with Crippen molar-refractivity contribution in [3.05, 3.63) is 47.5 Å². The lowest BCUT2D eigenvalue weighted by molar-refractivity contribution is -0.118. The molecular weight excluding hydrogens is 408 g/mol. The monoisotopic (exact) mass is 438 g/mol. The van der Waals surface area contributed by atoms with E-state index in [0.29, 0.717) is 51.2 Å². The molecule has 0 bridgehead atoms. The van der Waals surface area contributed by atoms with E-state index >= 15 is 0 Å². The molecule has 1 aromatic carbocycles. The maximum atomic E-state index is 12.6. The highest BCUT2D eigenvalue weighted by Gasteiger charge is 2.17. The largest absolute Gasteiger partial charge is 0.379 e. The maximum absolute atomic E-state index is 12.6. The van der Waals surface area contributed by atoms with Crippen LogP contribution in [0.4, 0.5) is 17.3 Å². The summed E-state index contributed by atoms with van der Waals surface area (Å²) in [5, 5.41) is 11.6. The van der Waals surface area contributed by atoms with Gasteiger partial charge in [0, 0.05) is 44.0 Å². The van der Waals surface area contributed by atoms with E-state index in [4.69, 9.17) is 9.47 Å². The molecule has 0 spiro atoms. The van der Waals surface area contributed by atoms with Gasteiger partial charge in [-0.3, -0.25) is 9.69 Å². The zero-order valence-electron chi connectivity index (χ0n) is 18.5. The summed E-state index contributed by atoms with van der Waals surface area (Å²) in [6, 6.07) is 12.0. The third-order valence-electron chi connectivity index (χ3n) is 5.42. The second kappa shape index (κ2) is 11.1. The lowest BCUT2D eigenvalue weighted by atomic mass is 10.1. The molecule has 0 aliphatic carbocycles. The number of anilines is 2.